The molecule has 0 bridgehead atoms. The van der Waals surface area contributed by atoms with Crippen molar-refractivity contribution in [2.75, 3.05) is 33.9 Å². The minimum Gasteiger partial charge on any atom is -0.497 e. The Morgan fingerprint density at radius 2 is 1.34 bits per heavy atom. The Morgan fingerprint density at radius 3 is 1.81 bits per heavy atom. The van der Waals surface area contributed by atoms with E-state index in [2.05, 4.69) is 50.8 Å². The summed E-state index contributed by atoms with van der Waals surface area (Å²) in [6.45, 7) is 21.5. The number of carbonyl (C=O) groups is 2. The van der Waals surface area contributed by atoms with Gasteiger partial charge in [-0.25, -0.2) is 4.98 Å². The molecule has 316 valence electrons. The number of hydrogen-bond acceptors (Lipinski definition) is 9. The Balaban J connectivity index is 0.000000281. The van der Waals surface area contributed by atoms with E-state index in [0.717, 1.165) is 33.7 Å². The van der Waals surface area contributed by atoms with Crippen LogP contribution in [0, 0.1) is 11.8 Å². The van der Waals surface area contributed by atoms with E-state index < -0.39 is 14.4 Å². The average Bonchev–Trinajstić information content (AvgIpc) is 3.90. The van der Waals surface area contributed by atoms with Gasteiger partial charge >= 0.3 is 0 Å². The van der Waals surface area contributed by atoms with E-state index in [1.807, 2.05) is 76.7 Å². The van der Waals surface area contributed by atoms with E-state index >= 15 is 0 Å². The fraction of sp³-hybridized carbons (Fsp3) is 0.545. The Morgan fingerprint density at radius 1 is 0.845 bits per heavy atom. The first-order valence-electron chi connectivity index (χ1n) is 20.2. The predicted molar refractivity (Wildman–Crippen MR) is 230 cm³/mol. The highest BCUT2D eigenvalue weighted by molar-refractivity contribution is 6.74. The van der Waals surface area contributed by atoms with Crippen molar-refractivity contribution in [1.82, 2.24) is 24.3 Å². The molecule has 6 rings (SSSR count). The maximum atomic E-state index is 13.0. The molecule has 14 heteroatoms. The lowest BCUT2D eigenvalue weighted by Gasteiger charge is -2.36. The Bertz CT molecular complexity index is 2000. The molecule has 2 fully saturated rings. The molecule has 0 aliphatic carbocycles. The standard InChI is InChI=1S/C29H41ClN4O4Si.C15H21NO3/c1-19(21-9-11-23(36-6)12-10-21)34-17-22(15-26(34)35)20(2)38-28-27-24(16-25(30)32-28)31-18-33(27)13-14-37-39(7,8)29(3,4)5;1-10(12-4-6-14(19-3)7-5-12)16-9-13(11(2)17)8-15(16)18/h9-12,16,18-20,22H,13-15,17H2,1-8H3;4-7,10-11,13,17H,8-9H2,1-3H3/t19-,20-,22-;10-,11-,13-/m11/s1. The second kappa shape index (κ2) is 18.8. The first kappa shape index (κ1) is 44.9. The summed E-state index contributed by atoms with van der Waals surface area (Å²) in [7, 11) is 1.41. The number of aromatic nitrogens is 3. The summed E-state index contributed by atoms with van der Waals surface area (Å²) in [6.07, 6.45) is 1.97. The van der Waals surface area contributed by atoms with Gasteiger partial charge in [0.15, 0.2) is 8.32 Å². The molecule has 12 nitrogen and oxygen atoms in total. The van der Waals surface area contributed by atoms with Crippen LogP contribution >= 0.6 is 11.6 Å². The van der Waals surface area contributed by atoms with E-state index in [0.29, 0.717) is 50.1 Å². The molecule has 4 aromatic rings. The van der Waals surface area contributed by atoms with Crippen LogP contribution in [0.3, 0.4) is 0 Å². The van der Waals surface area contributed by atoms with Crippen LogP contribution in [0.15, 0.2) is 60.9 Å². The molecule has 4 heterocycles. The normalized spacial score (nSPS) is 19.5. The van der Waals surface area contributed by atoms with E-state index in [9.17, 15) is 14.7 Å². The first-order chi connectivity index (χ1) is 27.3. The maximum absolute atomic E-state index is 13.0. The number of hydrogen-bond donors (Lipinski definition) is 1. The van der Waals surface area contributed by atoms with Gasteiger partial charge in [0, 0.05) is 50.4 Å². The number of halogens is 1. The molecule has 0 unspecified atom stereocenters. The third kappa shape index (κ3) is 10.5. The van der Waals surface area contributed by atoms with Crippen molar-refractivity contribution in [3.8, 4) is 17.4 Å². The van der Waals surface area contributed by atoms with E-state index in [4.69, 9.17) is 30.2 Å². The largest absolute Gasteiger partial charge is 0.497 e. The van der Waals surface area contributed by atoms with Gasteiger partial charge in [0.2, 0.25) is 17.7 Å². The van der Waals surface area contributed by atoms with Gasteiger partial charge in [-0.1, -0.05) is 56.6 Å². The third-order valence-corrected chi connectivity index (χ3v) is 17.0. The zero-order valence-corrected chi connectivity index (χ0v) is 37.7. The van der Waals surface area contributed by atoms with Crippen molar-refractivity contribution in [3.05, 3.63) is 77.2 Å². The molecule has 2 aromatic heterocycles. The number of ether oxygens (including phenoxy) is 3. The number of imidazole rings is 1. The lowest BCUT2D eigenvalue weighted by molar-refractivity contribution is -0.130. The number of pyridine rings is 1. The molecule has 2 aliphatic heterocycles. The van der Waals surface area contributed by atoms with Crippen molar-refractivity contribution >= 4 is 42.8 Å². The number of aliphatic hydroxyl groups is 1. The van der Waals surface area contributed by atoms with E-state index in [-0.39, 0.29) is 46.9 Å². The van der Waals surface area contributed by atoms with Gasteiger partial charge in [-0.3, -0.25) is 9.59 Å². The smallest absolute Gasteiger partial charge is 0.241 e. The van der Waals surface area contributed by atoms with Gasteiger partial charge in [-0.15, -0.1) is 0 Å². The predicted octanol–water partition coefficient (Wildman–Crippen LogP) is 8.48. The molecule has 0 radical (unpaired) electrons. The van der Waals surface area contributed by atoms with Crippen LogP contribution < -0.4 is 14.2 Å². The zero-order chi connectivity index (χ0) is 42.5. The highest BCUT2D eigenvalue weighted by Gasteiger charge is 2.39. The molecule has 2 aromatic carbocycles. The monoisotopic (exact) mass is 835 g/mol. The number of carbonyl (C=O) groups excluding carboxylic acids is 2. The Hall–Kier alpha value is -4.17. The number of aliphatic hydroxyl groups excluding tert-OH is 1. The lowest BCUT2D eigenvalue weighted by Crippen LogP contribution is -2.41. The van der Waals surface area contributed by atoms with E-state index in [1.54, 1.807) is 33.5 Å². The molecular weight excluding hydrogens is 774 g/mol. The number of nitrogens with zero attached hydrogens (tertiary/aromatic N) is 5. The number of fused-ring (bicyclic) bond motifs is 1. The van der Waals surface area contributed by atoms with Crippen LogP contribution in [0.4, 0.5) is 0 Å². The number of rotatable bonds is 14. The summed E-state index contributed by atoms with van der Waals surface area (Å²) in [5.74, 6) is 2.35. The van der Waals surface area contributed by atoms with Gasteiger partial charge in [0.05, 0.1) is 50.9 Å². The molecular formula is C44H62ClN5O7Si. The van der Waals surface area contributed by atoms with E-state index in [1.165, 1.54) is 0 Å². The molecule has 58 heavy (non-hydrogen) atoms. The number of benzene rings is 2. The average molecular weight is 837 g/mol. The third-order valence-electron chi connectivity index (χ3n) is 12.3. The Labute approximate surface area is 349 Å². The summed E-state index contributed by atoms with van der Waals surface area (Å²) in [5, 5.41) is 10.1. The topological polar surface area (TPSA) is 128 Å². The van der Waals surface area contributed by atoms with Crippen molar-refractivity contribution in [2.24, 2.45) is 11.8 Å². The summed E-state index contributed by atoms with van der Waals surface area (Å²) in [5.41, 5.74) is 3.67. The Kier molecular flexibility index (Phi) is 14.6. The van der Waals surface area contributed by atoms with Crippen LogP contribution in [0.5, 0.6) is 17.4 Å². The van der Waals surface area contributed by atoms with Crippen LogP contribution in [0.2, 0.25) is 23.3 Å². The lowest BCUT2D eigenvalue weighted by atomic mass is 10.0. The van der Waals surface area contributed by atoms with Crippen molar-refractivity contribution in [2.45, 2.75) is 110 Å². The van der Waals surface area contributed by atoms with Gasteiger partial charge in [-0.05, 0) is 81.2 Å². The molecule has 2 aliphatic rings. The molecule has 1 N–H and O–H groups in total. The molecule has 2 saturated heterocycles. The molecule has 0 saturated carbocycles. The second-order valence-electron chi connectivity index (χ2n) is 17.1. The van der Waals surface area contributed by atoms with Crippen molar-refractivity contribution in [1.29, 1.82) is 0 Å². The summed E-state index contributed by atoms with van der Waals surface area (Å²) in [4.78, 5) is 37.9. The first-order valence-corrected chi connectivity index (χ1v) is 23.5. The SMILES string of the molecule is COc1ccc([C@@H](C)N2C[C@H]([C@@H](C)O)CC2=O)cc1.COc1ccc([C@@H](C)N2C[C@H]([C@@H](C)Oc3nc(Cl)cc4ncn(CCO[Si](C)(C)C(C)(C)C)c34)CC2=O)cc1. The minimum atomic E-state index is -1.87. The number of methoxy groups -OCH3 is 2. The van der Waals surface area contributed by atoms with Crippen LogP contribution in [-0.2, 0) is 20.6 Å². The molecule has 2 amide bonds. The second-order valence-corrected chi connectivity index (χ2v) is 22.3. The molecule has 0 spiro atoms. The minimum absolute atomic E-state index is 0.0207. The summed E-state index contributed by atoms with van der Waals surface area (Å²) < 4.78 is 25.2. The van der Waals surface area contributed by atoms with Crippen molar-refractivity contribution in [3.63, 3.8) is 0 Å². The summed E-state index contributed by atoms with van der Waals surface area (Å²) in [6, 6.07) is 17.4. The van der Waals surface area contributed by atoms with Gasteiger partial charge in [0.1, 0.15) is 28.3 Å². The fourth-order valence-electron chi connectivity index (χ4n) is 7.20. The van der Waals surface area contributed by atoms with Gasteiger partial charge < -0.3 is 38.1 Å². The summed E-state index contributed by atoms with van der Waals surface area (Å²) >= 11 is 6.34. The molecule has 6 atom stereocenters. The maximum Gasteiger partial charge on any atom is 0.241 e. The van der Waals surface area contributed by atoms with Crippen molar-refractivity contribution < 1.29 is 33.3 Å². The van der Waals surface area contributed by atoms with Crippen LogP contribution in [0.25, 0.3) is 11.0 Å². The van der Waals surface area contributed by atoms with Gasteiger partial charge in [-0.2, -0.15) is 4.98 Å². The fourth-order valence-corrected chi connectivity index (χ4v) is 8.42. The quantitative estimate of drug-likeness (QED) is 0.0983. The number of likely N-dealkylation sites (tertiary alicyclic amines) is 2. The van der Waals surface area contributed by atoms with Crippen LogP contribution in [0.1, 0.15) is 84.5 Å². The highest BCUT2D eigenvalue weighted by Crippen LogP contribution is 2.37. The van der Waals surface area contributed by atoms with Gasteiger partial charge in [0.25, 0.3) is 0 Å². The highest BCUT2D eigenvalue weighted by atomic mass is 35.5. The zero-order valence-electron chi connectivity index (χ0n) is 36.0. The van der Waals surface area contributed by atoms with Crippen LogP contribution in [-0.4, -0.2) is 95.7 Å². The number of amides is 2.